The minimum Gasteiger partial charge on any atom is -0.508 e. The van der Waals surface area contributed by atoms with E-state index in [1.807, 2.05) is 25.1 Å². The Hall–Kier alpha value is -1.87. The monoisotopic (exact) mass is 290 g/mol. The number of hydrogen-bond acceptors (Lipinski definition) is 3. The third kappa shape index (κ3) is 3.17. The highest BCUT2D eigenvalue weighted by Crippen LogP contribution is 2.28. The molecular formula is C16H19ClN2O. The lowest BCUT2D eigenvalue weighted by Gasteiger charge is -2.26. The van der Waals surface area contributed by atoms with Gasteiger partial charge in [-0.3, -0.25) is 0 Å². The maximum absolute atomic E-state index is 9.67. The molecule has 0 amide bonds. The van der Waals surface area contributed by atoms with Crippen molar-refractivity contribution < 1.29 is 5.11 Å². The Morgan fingerprint density at radius 3 is 2.60 bits per heavy atom. The molecule has 0 saturated heterocycles. The highest BCUT2D eigenvalue weighted by molar-refractivity contribution is 6.30. The van der Waals surface area contributed by atoms with Gasteiger partial charge >= 0.3 is 0 Å². The number of aryl methyl sites for hydroxylation is 1. The first-order valence-electron chi connectivity index (χ1n) is 6.59. The molecular weight excluding hydrogens is 272 g/mol. The number of nitrogens with zero attached hydrogens (tertiary/aromatic N) is 1. The molecule has 0 unspecified atom stereocenters. The summed E-state index contributed by atoms with van der Waals surface area (Å²) >= 11 is 5.92. The molecule has 2 aromatic rings. The zero-order valence-electron chi connectivity index (χ0n) is 11.7. The van der Waals surface area contributed by atoms with Crippen molar-refractivity contribution in [2.45, 2.75) is 20.4 Å². The van der Waals surface area contributed by atoms with Crippen molar-refractivity contribution in [3.05, 3.63) is 52.5 Å². The Bertz CT molecular complexity index is 613. The quantitative estimate of drug-likeness (QED) is 0.838. The molecule has 0 aliphatic carbocycles. The fraction of sp³-hybridized carbons (Fsp3) is 0.250. The first kappa shape index (κ1) is 14.5. The van der Waals surface area contributed by atoms with E-state index in [1.54, 1.807) is 18.2 Å². The second-order valence-corrected chi connectivity index (χ2v) is 5.26. The van der Waals surface area contributed by atoms with Gasteiger partial charge in [-0.15, -0.1) is 0 Å². The third-order valence-electron chi connectivity index (χ3n) is 3.38. The highest BCUT2D eigenvalue weighted by atomic mass is 35.5. The van der Waals surface area contributed by atoms with Crippen molar-refractivity contribution in [3.8, 4) is 5.75 Å². The van der Waals surface area contributed by atoms with Crippen LogP contribution in [0.2, 0.25) is 5.02 Å². The molecule has 20 heavy (non-hydrogen) atoms. The molecule has 0 atom stereocenters. The molecule has 0 aromatic heterocycles. The molecule has 0 saturated carbocycles. The maximum atomic E-state index is 9.67. The van der Waals surface area contributed by atoms with Crippen LogP contribution in [0.5, 0.6) is 5.75 Å². The van der Waals surface area contributed by atoms with Gasteiger partial charge in [-0.1, -0.05) is 23.7 Å². The van der Waals surface area contributed by atoms with Gasteiger partial charge in [0.05, 0.1) is 0 Å². The van der Waals surface area contributed by atoms with E-state index in [4.69, 9.17) is 17.3 Å². The first-order chi connectivity index (χ1) is 9.51. The van der Waals surface area contributed by atoms with Gasteiger partial charge in [-0.25, -0.2) is 0 Å². The number of aromatic hydroxyl groups is 1. The summed E-state index contributed by atoms with van der Waals surface area (Å²) in [6.07, 6.45) is 0. The molecule has 0 bridgehead atoms. The van der Waals surface area contributed by atoms with E-state index in [0.29, 0.717) is 17.3 Å². The highest BCUT2D eigenvalue weighted by Gasteiger charge is 2.11. The summed E-state index contributed by atoms with van der Waals surface area (Å²) in [6.45, 7) is 5.62. The van der Waals surface area contributed by atoms with E-state index < -0.39 is 0 Å². The fourth-order valence-corrected chi connectivity index (χ4v) is 2.40. The first-order valence-corrected chi connectivity index (χ1v) is 6.97. The van der Waals surface area contributed by atoms with Gasteiger partial charge in [0.2, 0.25) is 0 Å². The van der Waals surface area contributed by atoms with E-state index >= 15 is 0 Å². The van der Waals surface area contributed by atoms with E-state index in [1.165, 1.54) is 0 Å². The second kappa shape index (κ2) is 6.06. The number of rotatable bonds is 4. The predicted octanol–water partition coefficient (Wildman–Crippen LogP) is 3.96. The number of phenols is 1. The number of benzene rings is 2. The maximum Gasteiger partial charge on any atom is 0.117 e. The van der Waals surface area contributed by atoms with Crippen molar-refractivity contribution in [2.75, 3.05) is 17.2 Å². The summed E-state index contributed by atoms with van der Waals surface area (Å²) in [5.41, 5.74) is 9.86. The summed E-state index contributed by atoms with van der Waals surface area (Å²) in [5, 5.41) is 10.3. The largest absolute Gasteiger partial charge is 0.508 e. The predicted molar refractivity (Wildman–Crippen MR) is 85.4 cm³/mol. The smallest absolute Gasteiger partial charge is 0.117 e. The Balaban J connectivity index is 2.31. The van der Waals surface area contributed by atoms with Crippen LogP contribution in [0.1, 0.15) is 18.1 Å². The second-order valence-electron chi connectivity index (χ2n) is 4.83. The van der Waals surface area contributed by atoms with Crippen LogP contribution in [0.25, 0.3) is 0 Å². The normalized spacial score (nSPS) is 10.6. The van der Waals surface area contributed by atoms with Crippen LogP contribution in [0.3, 0.4) is 0 Å². The van der Waals surface area contributed by atoms with Gasteiger partial charge in [0.15, 0.2) is 0 Å². The molecule has 0 heterocycles. The van der Waals surface area contributed by atoms with Gasteiger partial charge in [-0.2, -0.15) is 0 Å². The SMILES string of the molecule is CCN(Cc1ccc(Cl)cc1N)c1cc(O)ccc1C. The fourth-order valence-electron chi connectivity index (χ4n) is 2.22. The third-order valence-corrected chi connectivity index (χ3v) is 3.62. The number of nitrogens with two attached hydrogens (primary N) is 1. The minimum atomic E-state index is 0.271. The Morgan fingerprint density at radius 1 is 1.20 bits per heavy atom. The van der Waals surface area contributed by atoms with Crippen LogP contribution in [0.4, 0.5) is 11.4 Å². The van der Waals surface area contributed by atoms with Crippen molar-refractivity contribution in [1.29, 1.82) is 0 Å². The van der Waals surface area contributed by atoms with Crippen LogP contribution in [-0.2, 0) is 6.54 Å². The molecule has 0 aliphatic rings. The molecule has 0 fully saturated rings. The minimum absolute atomic E-state index is 0.271. The molecule has 3 nitrogen and oxygen atoms in total. The van der Waals surface area contributed by atoms with Crippen LogP contribution in [0.15, 0.2) is 36.4 Å². The Morgan fingerprint density at radius 2 is 1.95 bits per heavy atom. The van der Waals surface area contributed by atoms with Crippen LogP contribution in [0, 0.1) is 6.92 Å². The number of nitrogen functional groups attached to an aromatic ring is 1. The molecule has 106 valence electrons. The number of phenolic OH excluding ortho intramolecular Hbond substituents is 1. The van der Waals surface area contributed by atoms with Gasteiger partial charge in [0.25, 0.3) is 0 Å². The van der Waals surface area contributed by atoms with Crippen LogP contribution in [-0.4, -0.2) is 11.7 Å². The van der Waals surface area contributed by atoms with E-state index in [9.17, 15) is 5.11 Å². The zero-order chi connectivity index (χ0) is 14.7. The van der Waals surface area contributed by atoms with Crippen molar-refractivity contribution in [3.63, 3.8) is 0 Å². The average molecular weight is 291 g/mol. The summed E-state index contributed by atoms with van der Waals surface area (Å²) < 4.78 is 0. The van der Waals surface area contributed by atoms with Gasteiger partial charge in [-0.05, 0) is 43.2 Å². The lowest BCUT2D eigenvalue weighted by Crippen LogP contribution is -2.23. The molecule has 2 aromatic carbocycles. The van der Waals surface area contributed by atoms with E-state index in [2.05, 4.69) is 11.8 Å². The summed E-state index contributed by atoms with van der Waals surface area (Å²) in [6, 6.07) is 10.9. The number of hydrogen-bond donors (Lipinski definition) is 2. The molecule has 4 heteroatoms. The van der Waals surface area contributed by atoms with E-state index in [-0.39, 0.29) is 5.75 Å². The topological polar surface area (TPSA) is 49.5 Å². The molecule has 3 N–H and O–H groups in total. The van der Waals surface area contributed by atoms with Crippen LogP contribution < -0.4 is 10.6 Å². The lowest BCUT2D eigenvalue weighted by molar-refractivity contribution is 0.475. The zero-order valence-corrected chi connectivity index (χ0v) is 12.5. The van der Waals surface area contributed by atoms with E-state index in [0.717, 1.165) is 23.4 Å². The van der Waals surface area contributed by atoms with Crippen molar-refractivity contribution >= 4 is 23.0 Å². The van der Waals surface area contributed by atoms with Crippen molar-refractivity contribution in [1.82, 2.24) is 0 Å². The van der Waals surface area contributed by atoms with Gasteiger partial charge in [0.1, 0.15) is 5.75 Å². The summed E-state index contributed by atoms with van der Waals surface area (Å²) in [7, 11) is 0. The Labute approximate surface area is 124 Å². The summed E-state index contributed by atoms with van der Waals surface area (Å²) in [4.78, 5) is 2.18. The van der Waals surface area contributed by atoms with Crippen LogP contribution >= 0.6 is 11.6 Å². The van der Waals surface area contributed by atoms with Gasteiger partial charge < -0.3 is 15.7 Å². The van der Waals surface area contributed by atoms with Gasteiger partial charge in [0, 0.05) is 35.6 Å². The molecule has 0 radical (unpaired) electrons. The number of anilines is 2. The molecule has 0 aliphatic heterocycles. The summed E-state index contributed by atoms with van der Waals surface area (Å²) in [5.74, 6) is 0.271. The number of halogens is 1. The standard InChI is InChI=1S/C16H19ClN2O/c1-3-19(16-9-14(20)7-4-11(16)2)10-12-5-6-13(17)8-15(12)18/h4-9,20H,3,10,18H2,1-2H3. The lowest BCUT2D eigenvalue weighted by atomic mass is 10.1. The Kier molecular flexibility index (Phi) is 4.40. The molecule has 0 spiro atoms. The van der Waals surface area contributed by atoms with Crippen molar-refractivity contribution in [2.24, 2.45) is 0 Å². The molecule has 2 rings (SSSR count). The average Bonchev–Trinajstić information content (AvgIpc) is 2.41.